The molecule has 0 atom stereocenters. The minimum Gasteiger partial charge on any atom is -0.478 e. The van der Waals surface area contributed by atoms with Gasteiger partial charge >= 0.3 is 12.1 Å². The number of nitrogens with zero attached hydrogens (tertiary/aromatic N) is 1. The molecule has 94 valence electrons. The first-order valence-corrected chi connectivity index (χ1v) is 3.93. The number of carboxylic acid groups (broad SMARTS) is 1. The number of rotatable bonds is 2. The van der Waals surface area contributed by atoms with E-state index in [-0.39, 0.29) is 6.07 Å². The van der Waals surface area contributed by atoms with Crippen LogP contribution in [0.1, 0.15) is 28.2 Å². The molecule has 0 unspecified atom stereocenters. The lowest BCUT2D eigenvalue weighted by atomic mass is 10.1. The lowest BCUT2D eigenvalue weighted by molar-refractivity contribution is -0.144. The summed E-state index contributed by atoms with van der Waals surface area (Å²) in [5, 5.41) is 8.41. The molecule has 0 aliphatic rings. The number of pyridine rings is 1. The van der Waals surface area contributed by atoms with Crippen molar-refractivity contribution in [1.82, 2.24) is 4.98 Å². The molecule has 1 N–H and O–H groups in total. The molecule has 1 aromatic heterocycles. The van der Waals surface area contributed by atoms with Crippen LogP contribution in [0.2, 0.25) is 0 Å². The second-order valence-electron chi connectivity index (χ2n) is 2.86. The number of carboxylic acids is 1. The molecule has 0 saturated carbocycles. The summed E-state index contributed by atoms with van der Waals surface area (Å²) in [5.74, 6) is -4.00. The summed E-state index contributed by atoms with van der Waals surface area (Å²) < 4.78 is 73.8. The number of hydrogen-bond acceptors (Lipinski definition) is 2. The third kappa shape index (κ3) is 2.66. The Bertz CT molecular complexity index is 456. The summed E-state index contributed by atoms with van der Waals surface area (Å²) in [6, 6.07) is -0.125. The summed E-state index contributed by atoms with van der Waals surface area (Å²) in [6.07, 6.45) is -8.83. The van der Waals surface area contributed by atoms with E-state index < -0.39 is 41.3 Å². The van der Waals surface area contributed by atoms with Crippen LogP contribution in [-0.4, -0.2) is 16.1 Å². The van der Waals surface area contributed by atoms with Crippen LogP contribution >= 0.6 is 0 Å². The van der Waals surface area contributed by atoms with Crippen molar-refractivity contribution >= 4 is 5.97 Å². The Morgan fingerprint density at radius 2 is 1.88 bits per heavy atom. The van der Waals surface area contributed by atoms with Gasteiger partial charge in [0.2, 0.25) is 0 Å². The molecular weight excluding hydrogens is 256 g/mol. The van der Waals surface area contributed by atoms with E-state index in [4.69, 9.17) is 5.11 Å². The Labute approximate surface area is 89.7 Å². The van der Waals surface area contributed by atoms with Crippen LogP contribution in [0.4, 0.5) is 26.3 Å². The SMILES string of the molecule is O=C(O)c1cc(F)c(C(F)(F)F)nc1C(F)F. The summed E-state index contributed by atoms with van der Waals surface area (Å²) in [6.45, 7) is 0. The van der Waals surface area contributed by atoms with Crippen LogP contribution in [0.3, 0.4) is 0 Å². The molecule has 0 aliphatic heterocycles. The predicted octanol–water partition coefficient (Wildman–Crippen LogP) is 2.88. The average Bonchev–Trinajstić information content (AvgIpc) is 2.14. The van der Waals surface area contributed by atoms with E-state index in [1.54, 1.807) is 0 Å². The van der Waals surface area contributed by atoms with Crippen LogP contribution in [0.15, 0.2) is 6.07 Å². The predicted molar refractivity (Wildman–Crippen MR) is 41.1 cm³/mol. The summed E-state index contributed by atoms with van der Waals surface area (Å²) in [7, 11) is 0. The molecule has 0 spiro atoms. The first-order chi connectivity index (χ1) is 7.64. The van der Waals surface area contributed by atoms with E-state index in [1.807, 2.05) is 0 Å². The van der Waals surface area contributed by atoms with Crippen LogP contribution in [0.5, 0.6) is 0 Å². The van der Waals surface area contributed by atoms with Crippen LogP contribution in [-0.2, 0) is 6.18 Å². The Balaban J connectivity index is 3.51. The lowest BCUT2D eigenvalue weighted by Gasteiger charge is -2.10. The van der Waals surface area contributed by atoms with Gasteiger partial charge in [0, 0.05) is 0 Å². The molecule has 0 fully saturated rings. The largest absolute Gasteiger partial charge is 0.478 e. The van der Waals surface area contributed by atoms with Gasteiger partial charge in [-0.3, -0.25) is 0 Å². The third-order valence-electron chi connectivity index (χ3n) is 1.71. The van der Waals surface area contributed by atoms with Crippen molar-refractivity contribution in [2.75, 3.05) is 0 Å². The van der Waals surface area contributed by atoms with Crippen molar-refractivity contribution in [3.05, 3.63) is 28.8 Å². The highest BCUT2D eigenvalue weighted by Crippen LogP contribution is 2.32. The maximum absolute atomic E-state index is 12.9. The van der Waals surface area contributed by atoms with Gasteiger partial charge in [0.15, 0.2) is 11.5 Å². The quantitative estimate of drug-likeness (QED) is 0.831. The molecule has 0 aliphatic carbocycles. The standard InChI is InChI=1S/C8H3F6NO2/c9-3-1-2(7(16)17)4(6(10)11)15-5(3)8(12,13)14/h1,6H,(H,16,17). The maximum atomic E-state index is 12.9. The lowest BCUT2D eigenvalue weighted by Crippen LogP contribution is -2.16. The van der Waals surface area contributed by atoms with Crippen molar-refractivity contribution in [2.45, 2.75) is 12.6 Å². The van der Waals surface area contributed by atoms with Crippen molar-refractivity contribution in [3.63, 3.8) is 0 Å². The normalized spacial score (nSPS) is 11.9. The van der Waals surface area contributed by atoms with E-state index in [2.05, 4.69) is 4.98 Å². The highest BCUT2D eigenvalue weighted by molar-refractivity contribution is 5.89. The zero-order valence-electron chi connectivity index (χ0n) is 7.73. The van der Waals surface area contributed by atoms with E-state index in [1.165, 1.54) is 0 Å². The zero-order chi connectivity index (χ0) is 13.4. The summed E-state index contributed by atoms with van der Waals surface area (Å²) in [4.78, 5) is 12.8. The second kappa shape index (κ2) is 4.22. The Morgan fingerprint density at radius 1 is 1.35 bits per heavy atom. The van der Waals surface area contributed by atoms with Gasteiger partial charge in [-0.25, -0.2) is 22.9 Å². The Hall–Kier alpha value is -1.80. The van der Waals surface area contributed by atoms with E-state index in [0.29, 0.717) is 0 Å². The molecule has 0 bridgehead atoms. The topological polar surface area (TPSA) is 50.2 Å². The van der Waals surface area contributed by atoms with Crippen LogP contribution in [0.25, 0.3) is 0 Å². The van der Waals surface area contributed by atoms with Gasteiger partial charge < -0.3 is 5.11 Å². The molecule has 0 radical (unpaired) electrons. The minimum atomic E-state index is -5.27. The monoisotopic (exact) mass is 259 g/mol. The number of hydrogen-bond donors (Lipinski definition) is 1. The molecular formula is C8H3F6NO2. The maximum Gasteiger partial charge on any atom is 0.436 e. The molecule has 0 aromatic carbocycles. The van der Waals surface area contributed by atoms with Gasteiger partial charge in [-0.1, -0.05) is 0 Å². The summed E-state index contributed by atoms with van der Waals surface area (Å²) in [5.41, 5.74) is -5.09. The number of alkyl halides is 5. The molecule has 1 rings (SSSR count). The van der Waals surface area contributed by atoms with Gasteiger partial charge in [0.1, 0.15) is 5.69 Å². The summed E-state index contributed by atoms with van der Waals surface area (Å²) >= 11 is 0. The molecule has 0 saturated heterocycles. The van der Waals surface area contributed by atoms with Crippen molar-refractivity contribution in [3.8, 4) is 0 Å². The van der Waals surface area contributed by atoms with Gasteiger partial charge in [0.05, 0.1) is 5.56 Å². The van der Waals surface area contributed by atoms with Gasteiger partial charge in [-0.2, -0.15) is 13.2 Å². The average molecular weight is 259 g/mol. The van der Waals surface area contributed by atoms with Crippen LogP contribution in [0, 0.1) is 5.82 Å². The molecule has 17 heavy (non-hydrogen) atoms. The number of halogens is 6. The van der Waals surface area contributed by atoms with E-state index >= 15 is 0 Å². The second-order valence-corrected chi connectivity index (χ2v) is 2.86. The molecule has 0 amide bonds. The fraction of sp³-hybridized carbons (Fsp3) is 0.250. The van der Waals surface area contributed by atoms with Crippen molar-refractivity contribution in [2.24, 2.45) is 0 Å². The fourth-order valence-corrected chi connectivity index (χ4v) is 1.04. The first-order valence-electron chi connectivity index (χ1n) is 3.93. The Morgan fingerprint density at radius 3 is 2.24 bits per heavy atom. The smallest absolute Gasteiger partial charge is 0.436 e. The molecule has 1 aromatic rings. The van der Waals surface area contributed by atoms with Crippen LogP contribution < -0.4 is 0 Å². The van der Waals surface area contributed by atoms with E-state index in [0.717, 1.165) is 0 Å². The van der Waals surface area contributed by atoms with Crippen molar-refractivity contribution in [1.29, 1.82) is 0 Å². The third-order valence-corrected chi connectivity index (χ3v) is 1.71. The zero-order valence-corrected chi connectivity index (χ0v) is 7.73. The first kappa shape index (κ1) is 13.3. The van der Waals surface area contributed by atoms with Gasteiger partial charge in [-0.15, -0.1) is 0 Å². The van der Waals surface area contributed by atoms with E-state index in [9.17, 15) is 31.1 Å². The highest BCUT2D eigenvalue weighted by atomic mass is 19.4. The number of aromatic carboxylic acids is 1. The number of carbonyl (C=O) groups is 1. The molecule has 1 heterocycles. The van der Waals surface area contributed by atoms with Gasteiger partial charge in [-0.05, 0) is 6.07 Å². The highest BCUT2D eigenvalue weighted by Gasteiger charge is 2.38. The Kier molecular flexibility index (Phi) is 3.30. The van der Waals surface area contributed by atoms with Gasteiger partial charge in [0.25, 0.3) is 6.43 Å². The molecule has 9 heteroatoms. The number of aromatic nitrogens is 1. The fourth-order valence-electron chi connectivity index (χ4n) is 1.04. The minimum absolute atomic E-state index is 0.125. The van der Waals surface area contributed by atoms with Crippen molar-refractivity contribution < 1.29 is 36.2 Å². The molecule has 3 nitrogen and oxygen atoms in total.